The van der Waals surface area contributed by atoms with Gasteiger partial charge in [-0.2, -0.15) is 0 Å². The van der Waals surface area contributed by atoms with Gasteiger partial charge in [-0.1, -0.05) is 57.2 Å². The van der Waals surface area contributed by atoms with E-state index < -0.39 is 0 Å². The fourth-order valence-electron chi connectivity index (χ4n) is 2.65. The van der Waals surface area contributed by atoms with Gasteiger partial charge in [0.25, 0.3) is 0 Å². The van der Waals surface area contributed by atoms with Gasteiger partial charge in [0, 0.05) is 33.9 Å². The van der Waals surface area contributed by atoms with Gasteiger partial charge in [-0.3, -0.25) is 0 Å². The zero-order valence-electron chi connectivity index (χ0n) is 15.4. The van der Waals surface area contributed by atoms with Crippen molar-refractivity contribution in [3.05, 3.63) is 88.4 Å². The van der Waals surface area contributed by atoms with Crippen molar-refractivity contribution in [2.24, 2.45) is 11.1 Å². The van der Waals surface area contributed by atoms with Crippen LogP contribution in [0.25, 0.3) is 0 Å². The first kappa shape index (κ1) is 18.5. The molecule has 1 fully saturated rings. The first-order valence-corrected chi connectivity index (χ1v) is 10.1. The van der Waals surface area contributed by atoms with E-state index in [-0.39, 0.29) is 0 Å². The van der Waals surface area contributed by atoms with Crippen molar-refractivity contribution in [3.8, 4) is 11.8 Å². The number of nitrogens with zero attached hydrogens (tertiary/aromatic N) is 3. The molecular formula is C23H20BrN3O. The lowest BCUT2D eigenvalue weighted by Crippen LogP contribution is -2.11. The van der Waals surface area contributed by atoms with Crippen molar-refractivity contribution in [2.45, 2.75) is 26.0 Å². The smallest absolute Gasteiger partial charge is 0.142 e. The molecule has 4 rings (SSSR count). The lowest BCUT2D eigenvalue weighted by Gasteiger charge is -2.08. The Labute approximate surface area is 173 Å². The normalized spacial score (nSPS) is 13.7. The highest BCUT2D eigenvalue weighted by Crippen LogP contribution is 2.27. The topological polar surface area (TPSA) is 39.4 Å². The first-order chi connectivity index (χ1) is 13.8. The van der Waals surface area contributed by atoms with Gasteiger partial charge in [0.2, 0.25) is 0 Å². The summed E-state index contributed by atoms with van der Waals surface area (Å²) in [5, 5.41) is 4.42. The van der Waals surface area contributed by atoms with Gasteiger partial charge in [0.05, 0.1) is 12.9 Å². The average molecular weight is 434 g/mol. The Morgan fingerprint density at radius 2 is 1.93 bits per heavy atom. The van der Waals surface area contributed by atoms with Crippen molar-refractivity contribution >= 4 is 21.6 Å². The molecule has 0 saturated heterocycles. The van der Waals surface area contributed by atoms with Crippen molar-refractivity contribution in [1.82, 2.24) is 9.55 Å². The number of hydrogen-bond acceptors (Lipinski definition) is 3. The van der Waals surface area contributed by atoms with Crippen LogP contribution >= 0.6 is 15.9 Å². The van der Waals surface area contributed by atoms with Gasteiger partial charge in [-0.05, 0) is 42.7 Å². The summed E-state index contributed by atoms with van der Waals surface area (Å²) in [6.45, 7) is 1.01. The highest BCUT2D eigenvalue weighted by molar-refractivity contribution is 9.10. The number of rotatable bonds is 6. The highest BCUT2D eigenvalue weighted by atomic mass is 79.9. The van der Waals surface area contributed by atoms with Crippen LogP contribution < -0.4 is 0 Å². The molecule has 4 nitrogen and oxygen atoms in total. The zero-order valence-corrected chi connectivity index (χ0v) is 17.0. The van der Waals surface area contributed by atoms with Crippen LogP contribution in [0.3, 0.4) is 0 Å². The Hall–Kier alpha value is -2.84. The van der Waals surface area contributed by atoms with Gasteiger partial charge in [0.15, 0.2) is 0 Å². The zero-order chi connectivity index (χ0) is 19.2. The van der Waals surface area contributed by atoms with Crippen LogP contribution in [-0.4, -0.2) is 15.3 Å². The van der Waals surface area contributed by atoms with E-state index in [1.54, 1.807) is 12.5 Å². The van der Waals surface area contributed by atoms with E-state index in [9.17, 15) is 0 Å². The fourth-order valence-corrected chi connectivity index (χ4v) is 2.91. The fraction of sp³-hybridized carbons (Fsp3) is 0.217. The highest BCUT2D eigenvalue weighted by Gasteiger charge is 2.17. The molecule has 0 N–H and O–H groups in total. The molecule has 1 saturated carbocycles. The third kappa shape index (κ3) is 5.34. The second-order valence-electron chi connectivity index (χ2n) is 6.79. The number of aromatic nitrogens is 2. The van der Waals surface area contributed by atoms with Crippen molar-refractivity contribution in [2.75, 3.05) is 0 Å². The summed E-state index contributed by atoms with van der Waals surface area (Å²) in [7, 11) is 0. The summed E-state index contributed by atoms with van der Waals surface area (Å²) >= 11 is 3.44. The maximum absolute atomic E-state index is 5.65. The van der Waals surface area contributed by atoms with E-state index in [0.29, 0.717) is 19.1 Å². The first-order valence-electron chi connectivity index (χ1n) is 9.27. The summed E-state index contributed by atoms with van der Waals surface area (Å²) in [4.78, 5) is 9.76. The van der Waals surface area contributed by atoms with Crippen LogP contribution in [-0.2, 0) is 18.0 Å². The van der Waals surface area contributed by atoms with Gasteiger partial charge >= 0.3 is 0 Å². The molecule has 28 heavy (non-hydrogen) atoms. The van der Waals surface area contributed by atoms with E-state index in [4.69, 9.17) is 4.84 Å². The van der Waals surface area contributed by atoms with E-state index in [1.807, 2.05) is 47.2 Å². The standard InChI is InChI=1S/C23H20BrN3O/c24-22-11-7-20(8-12-22)16-28-26-23(15-27-14-13-25-17-27)21-9-5-19(6-10-21)4-3-18-1-2-18/h5-14,17-18H,1-2,15-16H2/b26-23+. The molecule has 0 atom stereocenters. The van der Waals surface area contributed by atoms with Crippen molar-refractivity contribution in [3.63, 3.8) is 0 Å². The molecule has 1 aliphatic carbocycles. The maximum Gasteiger partial charge on any atom is 0.142 e. The minimum Gasteiger partial charge on any atom is -0.391 e. The third-order valence-electron chi connectivity index (χ3n) is 4.43. The Morgan fingerprint density at radius 3 is 2.61 bits per heavy atom. The maximum atomic E-state index is 5.65. The molecule has 0 amide bonds. The average Bonchev–Trinajstić information content (AvgIpc) is 3.41. The van der Waals surface area contributed by atoms with Crippen LogP contribution in [0.5, 0.6) is 0 Å². The summed E-state index contributed by atoms with van der Waals surface area (Å²) in [5.74, 6) is 7.14. The van der Waals surface area contributed by atoms with Crippen LogP contribution in [0.15, 0.2) is 76.9 Å². The van der Waals surface area contributed by atoms with Crippen LogP contribution in [0.1, 0.15) is 29.5 Å². The lowest BCUT2D eigenvalue weighted by molar-refractivity contribution is 0.130. The predicted octanol–water partition coefficient (Wildman–Crippen LogP) is 5.03. The monoisotopic (exact) mass is 433 g/mol. The Kier molecular flexibility index (Phi) is 5.89. The number of oxime groups is 1. The Morgan fingerprint density at radius 1 is 1.14 bits per heavy atom. The van der Waals surface area contributed by atoms with Crippen molar-refractivity contribution < 1.29 is 4.84 Å². The molecule has 140 valence electrons. The molecule has 0 bridgehead atoms. The lowest BCUT2D eigenvalue weighted by atomic mass is 10.1. The van der Waals surface area contributed by atoms with Gasteiger partial charge in [-0.25, -0.2) is 4.98 Å². The molecule has 2 aromatic carbocycles. The second-order valence-corrected chi connectivity index (χ2v) is 7.71. The van der Waals surface area contributed by atoms with E-state index in [2.05, 4.69) is 50.0 Å². The SMILES string of the molecule is Brc1ccc(CO/N=C(\Cn2ccnc2)c2ccc(C#CC3CC3)cc2)cc1. The summed E-state index contributed by atoms with van der Waals surface area (Å²) < 4.78 is 3.02. The third-order valence-corrected chi connectivity index (χ3v) is 4.96. The molecular weight excluding hydrogens is 414 g/mol. The summed E-state index contributed by atoms with van der Waals surface area (Å²) in [5.41, 5.74) is 3.96. The molecule has 5 heteroatoms. The van der Waals surface area contributed by atoms with Crippen LogP contribution in [0, 0.1) is 17.8 Å². The van der Waals surface area contributed by atoms with Gasteiger partial charge in [-0.15, -0.1) is 0 Å². The molecule has 1 heterocycles. The molecule has 0 aliphatic heterocycles. The van der Waals surface area contributed by atoms with E-state index in [1.165, 1.54) is 12.8 Å². The minimum absolute atomic E-state index is 0.422. The van der Waals surface area contributed by atoms with Gasteiger partial charge < -0.3 is 9.40 Å². The summed E-state index contributed by atoms with van der Waals surface area (Å²) in [6.07, 6.45) is 7.93. The Balaban J connectivity index is 1.49. The van der Waals surface area contributed by atoms with Gasteiger partial charge in [0.1, 0.15) is 12.3 Å². The quantitative estimate of drug-likeness (QED) is 0.310. The van der Waals surface area contributed by atoms with Crippen molar-refractivity contribution in [1.29, 1.82) is 0 Å². The largest absolute Gasteiger partial charge is 0.391 e. The molecule has 0 radical (unpaired) electrons. The molecule has 0 spiro atoms. The number of halogens is 1. The van der Waals surface area contributed by atoms with Crippen LogP contribution in [0.4, 0.5) is 0 Å². The van der Waals surface area contributed by atoms with Crippen LogP contribution in [0.2, 0.25) is 0 Å². The van der Waals surface area contributed by atoms with E-state index >= 15 is 0 Å². The molecule has 1 aromatic heterocycles. The number of benzene rings is 2. The Bertz CT molecular complexity index is 993. The minimum atomic E-state index is 0.422. The number of hydrogen-bond donors (Lipinski definition) is 0. The summed E-state index contributed by atoms with van der Waals surface area (Å²) in [6, 6.07) is 16.2. The predicted molar refractivity (Wildman–Crippen MR) is 114 cm³/mol. The molecule has 0 unspecified atom stereocenters. The number of imidazole rings is 1. The second kappa shape index (κ2) is 8.90. The molecule has 3 aromatic rings. The van der Waals surface area contributed by atoms with E-state index in [0.717, 1.165) is 26.9 Å². The molecule has 1 aliphatic rings.